The molecule has 1 heterocycles. The topological polar surface area (TPSA) is 90.7 Å². The maximum absolute atomic E-state index is 13.6. The first kappa shape index (κ1) is 17.4. The van der Waals surface area contributed by atoms with E-state index < -0.39 is 16.6 Å². The normalized spacial score (nSPS) is 13.3. The smallest absolute Gasteiger partial charge is 0.296 e. The van der Waals surface area contributed by atoms with Crippen LogP contribution in [0.3, 0.4) is 0 Å². The number of hydrogen-bond acceptors (Lipinski definition) is 5. The third-order valence-corrected chi connectivity index (χ3v) is 3.64. The van der Waals surface area contributed by atoms with Gasteiger partial charge in [-0.3, -0.25) is 14.9 Å². The van der Waals surface area contributed by atoms with Crippen molar-refractivity contribution in [2.45, 2.75) is 6.42 Å². The van der Waals surface area contributed by atoms with Crippen LogP contribution in [0.25, 0.3) is 6.08 Å². The van der Waals surface area contributed by atoms with Crippen molar-refractivity contribution in [2.75, 3.05) is 18.5 Å². The summed E-state index contributed by atoms with van der Waals surface area (Å²) in [6.45, 7) is 0.798. The predicted molar refractivity (Wildman–Crippen MR) is 92.8 cm³/mol. The average molecular weight is 358 g/mol. The fourth-order valence-corrected chi connectivity index (χ4v) is 2.40. The fraction of sp³-hybridized carbons (Fsp3) is 0.167. The van der Waals surface area contributed by atoms with Crippen molar-refractivity contribution in [1.29, 1.82) is 0 Å². The second-order valence-electron chi connectivity index (χ2n) is 5.47. The van der Waals surface area contributed by atoms with E-state index in [2.05, 4.69) is 5.32 Å². The van der Waals surface area contributed by atoms with E-state index in [0.29, 0.717) is 25.4 Å². The van der Waals surface area contributed by atoms with Gasteiger partial charge in [0.1, 0.15) is 11.5 Å². The lowest BCUT2D eigenvalue weighted by molar-refractivity contribution is -0.384. The first-order chi connectivity index (χ1) is 12.5. The van der Waals surface area contributed by atoms with E-state index in [9.17, 15) is 19.3 Å². The number of nitrogens with one attached hydrogen (secondary N) is 1. The molecule has 1 aliphatic heterocycles. The van der Waals surface area contributed by atoms with Crippen LogP contribution in [0.4, 0.5) is 15.8 Å². The van der Waals surface area contributed by atoms with Crippen molar-refractivity contribution >= 4 is 23.4 Å². The molecular formula is C18H15FN2O5. The van der Waals surface area contributed by atoms with Gasteiger partial charge in [-0.15, -0.1) is 0 Å². The number of carbonyl (C=O) groups is 1. The Hall–Kier alpha value is -3.42. The largest absolute Gasteiger partial charge is 0.489 e. The molecule has 7 nitrogen and oxygen atoms in total. The van der Waals surface area contributed by atoms with Crippen LogP contribution in [-0.4, -0.2) is 24.0 Å². The molecule has 134 valence electrons. The van der Waals surface area contributed by atoms with Crippen molar-refractivity contribution in [2.24, 2.45) is 0 Å². The molecule has 0 aromatic heterocycles. The first-order valence-electron chi connectivity index (χ1n) is 7.86. The van der Waals surface area contributed by atoms with Crippen molar-refractivity contribution in [3.63, 3.8) is 0 Å². The summed E-state index contributed by atoms with van der Waals surface area (Å²) < 4.78 is 24.5. The standard InChI is InChI=1S/C18H15FN2O5/c19-13-5-2-1-4-12(13)6-7-18(22)20-14-10-16-17(11-15(14)21(23)24)26-9-3-8-25-16/h1-2,4-7,10-11H,3,8-9H2,(H,20,22)/b7-6-. The van der Waals surface area contributed by atoms with Crippen molar-refractivity contribution in [3.05, 3.63) is 64.0 Å². The van der Waals surface area contributed by atoms with Gasteiger partial charge in [-0.25, -0.2) is 4.39 Å². The first-order valence-corrected chi connectivity index (χ1v) is 7.86. The van der Waals surface area contributed by atoms with Gasteiger partial charge in [-0.2, -0.15) is 0 Å². The molecule has 0 aliphatic carbocycles. The summed E-state index contributed by atoms with van der Waals surface area (Å²) in [6.07, 6.45) is 3.04. The summed E-state index contributed by atoms with van der Waals surface area (Å²) in [6, 6.07) is 8.52. The van der Waals surface area contributed by atoms with Crippen LogP contribution >= 0.6 is 0 Å². The summed E-state index contributed by atoms with van der Waals surface area (Å²) in [4.78, 5) is 22.8. The molecule has 26 heavy (non-hydrogen) atoms. The number of carbonyl (C=O) groups excluding carboxylic acids is 1. The van der Waals surface area contributed by atoms with Crippen LogP contribution in [0.2, 0.25) is 0 Å². The highest BCUT2D eigenvalue weighted by Gasteiger charge is 2.22. The number of halogens is 1. The average Bonchev–Trinajstić information content (AvgIpc) is 2.85. The van der Waals surface area contributed by atoms with Crippen LogP contribution in [0, 0.1) is 15.9 Å². The highest BCUT2D eigenvalue weighted by atomic mass is 19.1. The Morgan fingerprint density at radius 2 is 1.88 bits per heavy atom. The molecule has 0 spiro atoms. The van der Waals surface area contributed by atoms with E-state index in [1.807, 2.05) is 0 Å². The van der Waals surface area contributed by atoms with Crippen molar-refractivity contribution in [3.8, 4) is 11.5 Å². The minimum absolute atomic E-state index is 0.0255. The number of anilines is 1. The molecule has 2 aromatic carbocycles. The molecule has 1 N–H and O–H groups in total. The molecule has 0 radical (unpaired) electrons. The molecule has 1 aliphatic rings. The second-order valence-corrected chi connectivity index (χ2v) is 5.47. The quantitative estimate of drug-likeness (QED) is 0.513. The molecule has 2 aromatic rings. The summed E-state index contributed by atoms with van der Waals surface area (Å²) in [5, 5.41) is 13.7. The Morgan fingerprint density at radius 3 is 2.58 bits per heavy atom. The zero-order valence-electron chi connectivity index (χ0n) is 13.6. The number of fused-ring (bicyclic) bond motifs is 1. The number of hydrogen-bond donors (Lipinski definition) is 1. The van der Waals surface area contributed by atoms with Crippen LogP contribution in [0.1, 0.15) is 12.0 Å². The third kappa shape index (κ3) is 3.97. The molecule has 0 unspecified atom stereocenters. The molecule has 1 amide bonds. The number of rotatable bonds is 4. The van der Waals surface area contributed by atoms with E-state index in [4.69, 9.17) is 9.47 Å². The fourth-order valence-electron chi connectivity index (χ4n) is 2.40. The molecule has 3 rings (SSSR count). The number of benzene rings is 2. The summed E-state index contributed by atoms with van der Waals surface area (Å²) in [7, 11) is 0. The van der Waals surface area contributed by atoms with Gasteiger partial charge in [0.25, 0.3) is 5.69 Å². The van der Waals surface area contributed by atoms with Gasteiger partial charge in [0, 0.05) is 24.1 Å². The van der Waals surface area contributed by atoms with Crippen LogP contribution in [-0.2, 0) is 4.79 Å². The van der Waals surface area contributed by atoms with Gasteiger partial charge in [-0.05, 0) is 12.1 Å². The van der Waals surface area contributed by atoms with Gasteiger partial charge in [0.15, 0.2) is 11.5 Å². The zero-order chi connectivity index (χ0) is 18.5. The number of nitro groups is 1. The van der Waals surface area contributed by atoms with Gasteiger partial charge in [-0.1, -0.05) is 18.2 Å². The zero-order valence-corrected chi connectivity index (χ0v) is 13.6. The van der Waals surface area contributed by atoms with Crippen LogP contribution in [0.5, 0.6) is 11.5 Å². The van der Waals surface area contributed by atoms with Gasteiger partial charge < -0.3 is 14.8 Å². The van der Waals surface area contributed by atoms with E-state index in [0.717, 1.165) is 6.08 Å². The molecule has 0 saturated carbocycles. The number of nitro benzene ring substituents is 1. The minimum Gasteiger partial charge on any atom is -0.489 e. The van der Waals surface area contributed by atoms with E-state index in [1.54, 1.807) is 6.07 Å². The van der Waals surface area contributed by atoms with E-state index in [1.165, 1.54) is 36.4 Å². The molecular weight excluding hydrogens is 343 g/mol. The van der Waals surface area contributed by atoms with Crippen LogP contribution < -0.4 is 14.8 Å². The maximum atomic E-state index is 13.6. The van der Waals surface area contributed by atoms with Crippen LogP contribution in [0.15, 0.2) is 42.5 Å². The lowest BCUT2D eigenvalue weighted by Crippen LogP contribution is -2.10. The molecule has 8 heteroatoms. The Kier molecular flexibility index (Phi) is 5.12. The lowest BCUT2D eigenvalue weighted by atomic mass is 10.2. The van der Waals surface area contributed by atoms with Crippen molar-refractivity contribution < 1.29 is 23.6 Å². The third-order valence-electron chi connectivity index (χ3n) is 3.64. The monoisotopic (exact) mass is 358 g/mol. The molecule has 0 fully saturated rings. The minimum atomic E-state index is -0.633. The van der Waals surface area contributed by atoms with Gasteiger partial charge in [0.05, 0.1) is 24.2 Å². The number of ether oxygens (including phenoxy) is 2. The maximum Gasteiger partial charge on any atom is 0.296 e. The highest BCUT2D eigenvalue weighted by molar-refractivity contribution is 6.03. The lowest BCUT2D eigenvalue weighted by Gasteiger charge is -2.10. The van der Waals surface area contributed by atoms with Gasteiger partial charge in [0.2, 0.25) is 5.91 Å². The number of nitrogens with zero attached hydrogens (tertiary/aromatic N) is 1. The van der Waals surface area contributed by atoms with E-state index >= 15 is 0 Å². The molecule has 0 saturated heterocycles. The Labute approximate surface area is 148 Å². The SMILES string of the molecule is O=C(/C=C\c1ccccc1F)Nc1cc2c(cc1[N+](=O)[O-])OCCCO2. The summed E-state index contributed by atoms with van der Waals surface area (Å²) in [5.74, 6) is -0.528. The predicted octanol–water partition coefficient (Wildman–Crippen LogP) is 3.55. The Morgan fingerprint density at radius 1 is 1.19 bits per heavy atom. The number of amides is 1. The van der Waals surface area contributed by atoms with Crippen molar-refractivity contribution in [1.82, 2.24) is 0 Å². The Bertz CT molecular complexity index is 882. The van der Waals surface area contributed by atoms with Gasteiger partial charge >= 0.3 is 0 Å². The van der Waals surface area contributed by atoms with E-state index in [-0.39, 0.29) is 22.7 Å². The summed E-state index contributed by atoms with van der Waals surface area (Å²) >= 11 is 0. The Balaban J connectivity index is 1.84. The summed E-state index contributed by atoms with van der Waals surface area (Å²) in [5.41, 5.74) is -0.111. The highest BCUT2D eigenvalue weighted by Crippen LogP contribution is 2.39. The molecule has 0 atom stereocenters. The second kappa shape index (κ2) is 7.64. The molecule has 0 bridgehead atoms.